The van der Waals surface area contributed by atoms with Crippen LogP contribution in [0.5, 0.6) is 0 Å². The van der Waals surface area contributed by atoms with Crippen molar-refractivity contribution < 1.29 is 23.1 Å². The molecular formula is C16H16N2O5S. The second-order valence-corrected chi connectivity index (χ2v) is 6.62. The van der Waals surface area contributed by atoms with E-state index < -0.39 is 27.9 Å². The van der Waals surface area contributed by atoms with Crippen LogP contribution in [-0.2, 0) is 14.8 Å². The lowest BCUT2D eigenvalue weighted by molar-refractivity contribution is -0.138. The van der Waals surface area contributed by atoms with Crippen molar-refractivity contribution in [3.63, 3.8) is 0 Å². The molecule has 0 bridgehead atoms. The molecule has 1 amide bonds. The van der Waals surface area contributed by atoms with Gasteiger partial charge >= 0.3 is 5.97 Å². The first-order valence-corrected chi connectivity index (χ1v) is 8.52. The van der Waals surface area contributed by atoms with Crippen LogP contribution >= 0.6 is 0 Å². The number of sulfonamides is 1. The van der Waals surface area contributed by atoms with Crippen molar-refractivity contribution in [2.45, 2.75) is 10.9 Å². The zero-order chi connectivity index (χ0) is 17.6. The van der Waals surface area contributed by atoms with E-state index in [0.29, 0.717) is 5.56 Å². The summed E-state index contributed by atoms with van der Waals surface area (Å²) < 4.78 is 26.4. The standard InChI is InChI=1S/C16H16N2O5S/c19-15(12-7-3-1-4-8-12)17-11-14(16(20)21)18-24(22,23)13-9-5-2-6-10-13/h1-10,14,18H,11H2,(H,17,19)(H,20,21)/t14-/m0/s1. The van der Waals surface area contributed by atoms with Gasteiger partial charge in [0.2, 0.25) is 10.0 Å². The van der Waals surface area contributed by atoms with Crippen LogP contribution in [-0.4, -0.2) is 38.0 Å². The minimum absolute atomic E-state index is 0.0503. The molecule has 0 heterocycles. The molecular weight excluding hydrogens is 332 g/mol. The molecule has 3 N–H and O–H groups in total. The normalized spacial score (nSPS) is 12.3. The summed E-state index contributed by atoms with van der Waals surface area (Å²) in [5, 5.41) is 11.6. The number of hydrogen-bond donors (Lipinski definition) is 3. The summed E-state index contributed by atoms with van der Waals surface area (Å²) in [5.74, 6) is -1.87. The molecule has 0 aromatic heterocycles. The number of carboxylic acids is 1. The van der Waals surface area contributed by atoms with Gasteiger partial charge in [-0.15, -0.1) is 0 Å². The third kappa shape index (κ3) is 4.64. The van der Waals surface area contributed by atoms with Crippen LogP contribution in [0.25, 0.3) is 0 Å². The average Bonchev–Trinajstić information content (AvgIpc) is 2.59. The first-order chi connectivity index (χ1) is 11.4. The molecule has 2 aromatic carbocycles. The van der Waals surface area contributed by atoms with Crippen molar-refractivity contribution in [3.05, 3.63) is 66.2 Å². The molecule has 126 valence electrons. The van der Waals surface area contributed by atoms with Crippen molar-refractivity contribution >= 4 is 21.9 Å². The second kappa shape index (κ2) is 7.71. The van der Waals surface area contributed by atoms with E-state index >= 15 is 0 Å². The van der Waals surface area contributed by atoms with Gasteiger partial charge in [-0.1, -0.05) is 36.4 Å². The van der Waals surface area contributed by atoms with Crippen LogP contribution in [0.1, 0.15) is 10.4 Å². The summed E-state index contributed by atoms with van der Waals surface area (Å²) >= 11 is 0. The van der Waals surface area contributed by atoms with Crippen LogP contribution in [0.2, 0.25) is 0 Å². The zero-order valence-corrected chi connectivity index (χ0v) is 13.4. The Morgan fingerprint density at radius 3 is 2.04 bits per heavy atom. The Morgan fingerprint density at radius 1 is 0.958 bits per heavy atom. The number of aliphatic carboxylic acids is 1. The van der Waals surface area contributed by atoms with Crippen molar-refractivity contribution in [3.8, 4) is 0 Å². The van der Waals surface area contributed by atoms with Crippen molar-refractivity contribution in [2.75, 3.05) is 6.54 Å². The third-order valence-corrected chi connectivity index (χ3v) is 4.64. The molecule has 0 saturated carbocycles. The lowest BCUT2D eigenvalue weighted by Crippen LogP contribution is -2.48. The Bertz CT molecular complexity index is 807. The Labute approximate surface area is 139 Å². The van der Waals surface area contributed by atoms with Gasteiger partial charge in [-0.05, 0) is 24.3 Å². The lowest BCUT2D eigenvalue weighted by Gasteiger charge is -2.15. The first kappa shape index (κ1) is 17.6. The highest BCUT2D eigenvalue weighted by Crippen LogP contribution is 2.08. The molecule has 0 spiro atoms. The average molecular weight is 348 g/mol. The number of rotatable bonds is 7. The molecule has 0 radical (unpaired) electrons. The molecule has 24 heavy (non-hydrogen) atoms. The first-order valence-electron chi connectivity index (χ1n) is 7.03. The van der Waals surface area contributed by atoms with E-state index in [1.165, 1.54) is 24.3 Å². The van der Waals surface area contributed by atoms with Crippen LogP contribution in [0.3, 0.4) is 0 Å². The molecule has 8 heteroatoms. The van der Waals surface area contributed by atoms with Gasteiger partial charge in [0, 0.05) is 12.1 Å². The highest BCUT2D eigenvalue weighted by molar-refractivity contribution is 7.89. The van der Waals surface area contributed by atoms with Gasteiger partial charge in [-0.3, -0.25) is 9.59 Å². The Kier molecular flexibility index (Phi) is 5.67. The number of benzene rings is 2. The number of carbonyl (C=O) groups is 2. The Hall–Kier alpha value is -2.71. The summed E-state index contributed by atoms with van der Waals surface area (Å²) in [6.45, 7) is -0.380. The smallest absolute Gasteiger partial charge is 0.323 e. The fourth-order valence-corrected chi connectivity index (χ4v) is 3.13. The van der Waals surface area contributed by atoms with Gasteiger partial charge in [0.15, 0.2) is 0 Å². The molecule has 0 saturated heterocycles. The highest BCUT2D eigenvalue weighted by Gasteiger charge is 2.25. The van der Waals surface area contributed by atoms with Crippen molar-refractivity contribution in [1.29, 1.82) is 0 Å². The predicted molar refractivity (Wildman–Crippen MR) is 87.0 cm³/mol. The minimum atomic E-state index is -4.00. The van der Waals surface area contributed by atoms with E-state index in [-0.39, 0.29) is 11.4 Å². The SMILES string of the molecule is O=C(NC[C@H](NS(=O)(=O)c1ccccc1)C(=O)O)c1ccccc1. The number of nitrogens with one attached hydrogen (secondary N) is 2. The maximum Gasteiger partial charge on any atom is 0.323 e. The molecule has 1 atom stereocenters. The molecule has 0 aliphatic rings. The second-order valence-electron chi connectivity index (χ2n) is 4.90. The number of amides is 1. The van der Waals surface area contributed by atoms with Gasteiger partial charge in [-0.25, -0.2) is 8.42 Å². The van der Waals surface area contributed by atoms with E-state index in [2.05, 4.69) is 10.0 Å². The molecule has 0 unspecified atom stereocenters. The van der Waals surface area contributed by atoms with Crippen LogP contribution in [0.4, 0.5) is 0 Å². The van der Waals surface area contributed by atoms with Crippen molar-refractivity contribution in [1.82, 2.24) is 10.0 Å². The van der Waals surface area contributed by atoms with Crippen LogP contribution < -0.4 is 10.0 Å². The van der Waals surface area contributed by atoms with E-state index in [1.807, 2.05) is 0 Å². The quantitative estimate of drug-likeness (QED) is 0.687. The predicted octanol–water partition coefficient (Wildman–Crippen LogP) is 0.848. The minimum Gasteiger partial charge on any atom is -0.480 e. The molecule has 7 nitrogen and oxygen atoms in total. The fraction of sp³-hybridized carbons (Fsp3) is 0.125. The van der Waals surface area contributed by atoms with Gasteiger partial charge < -0.3 is 10.4 Å². The molecule has 0 aliphatic heterocycles. The monoisotopic (exact) mass is 348 g/mol. The third-order valence-electron chi connectivity index (χ3n) is 3.15. The summed E-state index contributed by atoms with van der Waals surface area (Å²) in [6.07, 6.45) is 0. The van der Waals surface area contributed by atoms with E-state index in [0.717, 1.165) is 0 Å². The van der Waals surface area contributed by atoms with Crippen molar-refractivity contribution in [2.24, 2.45) is 0 Å². The van der Waals surface area contributed by atoms with Gasteiger partial charge in [0.1, 0.15) is 6.04 Å². The molecule has 2 aromatic rings. The Morgan fingerprint density at radius 2 is 1.50 bits per heavy atom. The topological polar surface area (TPSA) is 113 Å². The maximum atomic E-state index is 12.2. The summed E-state index contributed by atoms with van der Waals surface area (Å²) in [5.41, 5.74) is 0.354. The van der Waals surface area contributed by atoms with Gasteiger partial charge in [0.05, 0.1) is 4.90 Å². The largest absolute Gasteiger partial charge is 0.480 e. The van der Waals surface area contributed by atoms with Gasteiger partial charge in [0.25, 0.3) is 5.91 Å². The van der Waals surface area contributed by atoms with E-state index in [9.17, 15) is 23.1 Å². The lowest BCUT2D eigenvalue weighted by atomic mass is 10.2. The Balaban J connectivity index is 2.05. The molecule has 2 rings (SSSR count). The van der Waals surface area contributed by atoms with Crippen LogP contribution in [0, 0.1) is 0 Å². The summed E-state index contributed by atoms with van der Waals surface area (Å²) in [6, 6.07) is 14.1. The summed E-state index contributed by atoms with van der Waals surface area (Å²) in [4.78, 5) is 23.2. The highest BCUT2D eigenvalue weighted by atomic mass is 32.2. The molecule has 0 fully saturated rings. The van der Waals surface area contributed by atoms with Gasteiger partial charge in [-0.2, -0.15) is 4.72 Å². The van der Waals surface area contributed by atoms with E-state index in [4.69, 9.17) is 0 Å². The molecule has 0 aliphatic carbocycles. The summed E-state index contributed by atoms with van der Waals surface area (Å²) in [7, 11) is -4.00. The number of carboxylic acid groups (broad SMARTS) is 1. The number of hydrogen-bond acceptors (Lipinski definition) is 4. The zero-order valence-electron chi connectivity index (χ0n) is 12.5. The van der Waals surface area contributed by atoms with E-state index in [1.54, 1.807) is 36.4 Å². The van der Waals surface area contributed by atoms with Crippen LogP contribution in [0.15, 0.2) is 65.6 Å². The fourth-order valence-electron chi connectivity index (χ4n) is 1.92. The maximum absolute atomic E-state index is 12.2. The number of carbonyl (C=O) groups excluding carboxylic acids is 1.